The first-order valence-electron chi connectivity index (χ1n) is 4.71. The molecule has 0 spiro atoms. The van der Waals surface area contributed by atoms with Gasteiger partial charge in [0.25, 0.3) is 0 Å². The van der Waals surface area contributed by atoms with Crippen LogP contribution in [0.5, 0.6) is 5.75 Å². The van der Waals surface area contributed by atoms with Gasteiger partial charge >= 0.3 is 6.09 Å². The second kappa shape index (κ2) is 5.61. The Hall–Kier alpha value is -2.22. The normalized spacial score (nSPS) is 9.25. The molecule has 0 radical (unpaired) electrons. The molecule has 5 nitrogen and oxygen atoms in total. The minimum absolute atomic E-state index is 0.224. The smallest absolute Gasteiger partial charge is 0.407 e. The van der Waals surface area contributed by atoms with Crippen LogP contribution in [-0.2, 0) is 0 Å². The van der Waals surface area contributed by atoms with Gasteiger partial charge in [0.05, 0.1) is 12.1 Å². The van der Waals surface area contributed by atoms with Crippen LogP contribution in [0.4, 0.5) is 4.79 Å². The number of hydrogen-bond acceptors (Lipinski definition) is 3. The van der Waals surface area contributed by atoms with Crippen LogP contribution in [0.1, 0.15) is 5.56 Å². The van der Waals surface area contributed by atoms with Crippen LogP contribution in [0.15, 0.2) is 24.3 Å². The average molecular weight is 220 g/mol. The molecule has 16 heavy (non-hydrogen) atoms. The van der Waals surface area contributed by atoms with E-state index in [9.17, 15) is 4.79 Å². The van der Waals surface area contributed by atoms with E-state index < -0.39 is 6.09 Å². The van der Waals surface area contributed by atoms with E-state index in [1.807, 2.05) is 6.07 Å². The van der Waals surface area contributed by atoms with E-state index in [2.05, 4.69) is 0 Å². The lowest BCUT2D eigenvalue weighted by Crippen LogP contribution is -2.29. The molecule has 0 aliphatic rings. The summed E-state index contributed by atoms with van der Waals surface area (Å²) in [5, 5.41) is 17.4. The molecule has 1 aromatic carbocycles. The summed E-state index contributed by atoms with van der Waals surface area (Å²) in [6.45, 7) is 0.483. The van der Waals surface area contributed by atoms with Crippen molar-refractivity contribution in [1.82, 2.24) is 4.90 Å². The fourth-order valence-corrected chi connectivity index (χ4v) is 1.07. The minimum Gasteiger partial charge on any atom is -0.490 e. The summed E-state index contributed by atoms with van der Waals surface area (Å²) < 4.78 is 5.32. The van der Waals surface area contributed by atoms with Crippen LogP contribution in [0, 0.1) is 11.3 Å². The molecule has 0 fully saturated rings. The Kier molecular flexibility index (Phi) is 4.16. The first-order chi connectivity index (χ1) is 7.65. The molecule has 0 aliphatic carbocycles. The molecule has 1 N–H and O–H groups in total. The maximum absolute atomic E-state index is 10.5. The van der Waals surface area contributed by atoms with Gasteiger partial charge in [0, 0.05) is 7.05 Å². The van der Waals surface area contributed by atoms with E-state index in [0.29, 0.717) is 11.3 Å². The van der Waals surface area contributed by atoms with Gasteiger partial charge in [-0.1, -0.05) is 12.1 Å². The van der Waals surface area contributed by atoms with Gasteiger partial charge in [-0.15, -0.1) is 0 Å². The Balaban J connectivity index is 2.49. The number of benzene rings is 1. The van der Waals surface area contributed by atoms with Crippen molar-refractivity contribution in [2.24, 2.45) is 0 Å². The third kappa shape index (κ3) is 3.17. The third-order valence-electron chi connectivity index (χ3n) is 2.02. The van der Waals surface area contributed by atoms with Crippen molar-refractivity contribution >= 4 is 6.09 Å². The molecule has 0 saturated carbocycles. The quantitative estimate of drug-likeness (QED) is 0.835. The summed E-state index contributed by atoms with van der Waals surface area (Å²) in [6, 6.07) is 8.84. The first kappa shape index (κ1) is 11.9. The number of likely N-dealkylation sites (N-methyl/N-ethyl adjacent to an activating group) is 1. The van der Waals surface area contributed by atoms with Crippen molar-refractivity contribution in [3.05, 3.63) is 29.8 Å². The highest BCUT2D eigenvalue weighted by atomic mass is 16.5. The Bertz CT molecular complexity index is 412. The van der Waals surface area contributed by atoms with E-state index in [1.54, 1.807) is 24.3 Å². The molecule has 1 amide bonds. The van der Waals surface area contributed by atoms with Crippen molar-refractivity contribution in [1.29, 1.82) is 5.26 Å². The van der Waals surface area contributed by atoms with Gasteiger partial charge in [-0.2, -0.15) is 5.26 Å². The zero-order chi connectivity index (χ0) is 12.0. The Morgan fingerprint density at radius 1 is 1.56 bits per heavy atom. The standard InChI is InChI=1S/C11H12N2O3/c1-13(11(14)15)6-7-16-10-5-3-2-4-9(10)8-12/h2-5H,6-7H2,1H3,(H,14,15). The highest BCUT2D eigenvalue weighted by Gasteiger charge is 2.06. The number of carboxylic acid groups (broad SMARTS) is 1. The van der Waals surface area contributed by atoms with Gasteiger partial charge in [-0.05, 0) is 12.1 Å². The summed E-state index contributed by atoms with van der Waals surface area (Å²) in [6.07, 6.45) is -1.00. The number of carbonyl (C=O) groups is 1. The Morgan fingerprint density at radius 3 is 2.88 bits per heavy atom. The number of rotatable bonds is 4. The third-order valence-corrected chi connectivity index (χ3v) is 2.02. The molecule has 1 rings (SSSR count). The van der Waals surface area contributed by atoms with Crippen LogP contribution >= 0.6 is 0 Å². The molecule has 0 aromatic heterocycles. The molecular weight excluding hydrogens is 208 g/mol. The lowest BCUT2D eigenvalue weighted by Gasteiger charge is -2.13. The van der Waals surface area contributed by atoms with E-state index in [1.165, 1.54) is 7.05 Å². The van der Waals surface area contributed by atoms with Crippen molar-refractivity contribution < 1.29 is 14.6 Å². The summed E-state index contributed by atoms with van der Waals surface area (Å²) >= 11 is 0. The number of nitriles is 1. The molecule has 0 bridgehead atoms. The largest absolute Gasteiger partial charge is 0.490 e. The minimum atomic E-state index is -1.00. The SMILES string of the molecule is CN(CCOc1ccccc1C#N)C(=O)O. The number of amides is 1. The monoisotopic (exact) mass is 220 g/mol. The van der Waals surface area contributed by atoms with Crippen LogP contribution in [0.2, 0.25) is 0 Å². The molecular formula is C11H12N2O3. The zero-order valence-electron chi connectivity index (χ0n) is 8.88. The zero-order valence-corrected chi connectivity index (χ0v) is 8.88. The molecule has 84 valence electrons. The molecule has 5 heteroatoms. The highest BCUT2D eigenvalue weighted by Crippen LogP contribution is 2.16. The second-order valence-corrected chi connectivity index (χ2v) is 3.16. The van der Waals surface area contributed by atoms with E-state index >= 15 is 0 Å². The van der Waals surface area contributed by atoms with Crippen molar-refractivity contribution in [2.75, 3.05) is 20.2 Å². The van der Waals surface area contributed by atoms with E-state index in [4.69, 9.17) is 15.1 Å². The first-order valence-corrected chi connectivity index (χ1v) is 4.71. The second-order valence-electron chi connectivity index (χ2n) is 3.16. The summed E-state index contributed by atoms with van der Waals surface area (Å²) in [5.41, 5.74) is 0.445. The Labute approximate surface area is 93.5 Å². The molecule has 1 aromatic rings. The summed E-state index contributed by atoms with van der Waals surface area (Å²) in [7, 11) is 1.46. The van der Waals surface area contributed by atoms with Gasteiger partial charge in [0.2, 0.25) is 0 Å². The van der Waals surface area contributed by atoms with Gasteiger partial charge in [0.15, 0.2) is 0 Å². The van der Waals surface area contributed by atoms with Crippen LogP contribution < -0.4 is 4.74 Å². The molecule has 0 unspecified atom stereocenters. The Morgan fingerprint density at radius 2 is 2.25 bits per heavy atom. The number of hydrogen-bond donors (Lipinski definition) is 1. The number of para-hydroxylation sites is 1. The molecule has 0 heterocycles. The van der Waals surface area contributed by atoms with Crippen LogP contribution in [0.3, 0.4) is 0 Å². The van der Waals surface area contributed by atoms with Crippen LogP contribution in [0.25, 0.3) is 0 Å². The fourth-order valence-electron chi connectivity index (χ4n) is 1.07. The summed E-state index contributed by atoms with van der Waals surface area (Å²) in [4.78, 5) is 11.6. The van der Waals surface area contributed by atoms with E-state index in [-0.39, 0.29) is 13.2 Å². The topological polar surface area (TPSA) is 73.6 Å². The maximum Gasteiger partial charge on any atom is 0.407 e. The van der Waals surface area contributed by atoms with Crippen LogP contribution in [-0.4, -0.2) is 36.3 Å². The van der Waals surface area contributed by atoms with Gasteiger partial charge in [-0.25, -0.2) is 4.79 Å². The van der Waals surface area contributed by atoms with Crippen molar-refractivity contribution in [2.45, 2.75) is 0 Å². The molecule has 0 saturated heterocycles. The molecule has 0 atom stereocenters. The number of nitrogens with zero attached hydrogens (tertiary/aromatic N) is 2. The lowest BCUT2D eigenvalue weighted by atomic mass is 10.2. The fraction of sp³-hybridized carbons (Fsp3) is 0.273. The summed E-state index contributed by atoms with van der Waals surface area (Å²) in [5.74, 6) is 0.476. The lowest BCUT2D eigenvalue weighted by molar-refractivity contribution is 0.147. The van der Waals surface area contributed by atoms with Crippen molar-refractivity contribution in [3.63, 3.8) is 0 Å². The maximum atomic E-state index is 10.5. The van der Waals surface area contributed by atoms with Crippen molar-refractivity contribution in [3.8, 4) is 11.8 Å². The van der Waals surface area contributed by atoms with Gasteiger partial charge < -0.3 is 14.7 Å². The highest BCUT2D eigenvalue weighted by molar-refractivity contribution is 5.64. The predicted molar refractivity (Wildman–Crippen MR) is 57.3 cm³/mol. The van der Waals surface area contributed by atoms with E-state index in [0.717, 1.165) is 4.90 Å². The average Bonchev–Trinajstić information content (AvgIpc) is 2.29. The predicted octanol–water partition coefficient (Wildman–Crippen LogP) is 1.55. The van der Waals surface area contributed by atoms with Gasteiger partial charge in [-0.3, -0.25) is 0 Å². The van der Waals surface area contributed by atoms with Gasteiger partial charge in [0.1, 0.15) is 18.4 Å². The number of ether oxygens (including phenoxy) is 1. The molecule has 0 aliphatic heterocycles.